The highest BCUT2D eigenvalue weighted by atomic mass is 32.2. The van der Waals surface area contributed by atoms with Crippen LogP contribution in [0.15, 0.2) is 35.2 Å². The van der Waals surface area contributed by atoms with Crippen LogP contribution in [0.5, 0.6) is 0 Å². The predicted octanol–water partition coefficient (Wildman–Crippen LogP) is 1.78. The van der Waals surface area contributed by atoms with Gasteiger partial charge in [0.1, 0.15) is 4.90 Å². The molecule has 1 heterocycles. The fourth-order valence-corrected chi connectivity index (χ4v) is 4.26. The van der Waals surface area contributed by atoms with Crippen molar-refractivity contribution in [3.63, 3.8) is 0 Å². The summed E-state index contributed by atoms with van der Waals surface area (Å²) in [4.78, 5) is 11.0. The Morgan fingerprint density at radius 2 is 1.96 bits per heavy atom. The van der Waals surface area contributed by atoms with Gasteiger partial charge in [-0.2, -0.15) is 5.10 Å². The molecule has 0 saturated carbocycles. The number of sulfonamides is 1. The van der Waals surface area contributed by atoms with Crippen LogP contribution in [0.1, 0.15) is 29.8 Å². The van der Waals surface area contributed by atoms with E-state index >= 15 is 0 Å². The summed E-state index contributed by atoms with van der Waals surface area (Å²) in [6.45, 7) is 3.25. The maximum atomic E-state index is 12.7. The second-order valence-corrected chi connectivity index (χ2v) is 7.35. The number of nitrogens with one attached hydrogen (secondary N) is 2. The van der Waals surface area contributed by atoms with Gasteiger partial charge in [-0.3, -0.25) is 9.89 Å². The molecule has 0 radical (unpaired) electrons. The van der Waals surface area contributed by atoms with Crippen LogP contribution in [-0.2, 0) is 21.2 Å². The van der Waals surface area contributed by atoms with Gasteiger partial charge >= 0.3 is 5.97 Å². The lowest BCUT2D eigenvalue weighted by atomic mass is 10.0. The number of H-pyrrole nitrogens is 1. The number of hydrogen-bond donors (Lipinski definition) is 3. The number of carboxylic acids is 1. The number of carbonyl (C=O) groups is 1. The van der Waals surface area contributed by atoms with Gasteiger partial charge in [-0.15, -0.1) is 0 Å². The molecule has 2 aromatic rings. The molecule has 1 aromatic heterocycles. The Hall–Kier alpha value is -2.19. The van der Waals surface area contributed by atoms with Crippen molar-refractivity contribution in [2.24, 2.45) is 0 Å². The third-order valence-electron chi connectivity index (χ3n) is 3.68. The van der Waals surface area contributed by atoms with Crippen LogP contribution in [0.25, 0.3) is 0 Å². The van der Waals surface area contributed by atoms with Crippen molar-refractivity contribution in [1.82, 2.24) is 14.9 Å². The highest BCUT2D eigenvalue weighted by molar-refractivity contribution is 7.89. The monoisotopic (exact) mass is 351 g/mol. The maximum absolute atomic E-state index is 12.7. The fourth-order valence-electron chi connectivity index (χ4n) is 2.61. The summed E-state index contributed by atoms with van der Waals surface area (Å²) in [5.74, 6) is -0.956. The number of aromatic amines is 1. The average molecular weight is 351 g/mol. The van der Waals surface area contributed by atoms with Crippen LogP contribution in [-0.4, -0.2) is 35.7 Å². The number of aryl methyl sites for hydroxylation is 2. The van der Waals surface area contributed by atoms with Crippen LogP contribution in [0, 0.1) is 13.8 Å². The Morgan fingerprint density at radius 3 is 2.50 bits per heavy atom. The zero-order chi connectivity index (χ0) is 17.7. The second-order valence-electron chi connectivity index (χ2n) is 5.70. The predicted molar refractivity (Wildman–Crippen MR) is 89.2 cm³/mol. The Morgan fingerprint density at radius 1 is 1.29 bits per heavy atom. The molecule has 24 heavy (non-hydrogen) atoms. The molecule has 0 amide bonds. The van der Waals surface area contributed by atoms with Crippen molar-refractivity contribution in [3.8, 4) is 0 Å². The fraction of sp³-hybridized carbons (Fsp3) is 0.375. The van der Waals surface area contributed by atoms with Crippen LogP contribution < -0.4 is 4.72 Å². The average Bonchev–Trinajstić information content (AvgIpc) is 2.85. The number of rotatable bonds is 8. The van der Waals surface area contributed by atoms with E-state index in [9.17, 15) is 13.2 Å². The SMILES string of the molecule is Cc1n[nH]c(C)c1S(=O)(=O)NC(CCC(=O)O)Cc1ccccc1. The third-order valence-corrected chi connectivity index (χ3v) is 5.47. The largest absolute Gasteiger partial charge is 0.481 e. The van der Waals surface area contributed by atoms with Gasteiger partial charge in [-0.05, 0) is 32.3 Å². The summed E-state index contributed by atoms with van der Waals surface area (Å²) >= 11 is 0. The zero-order valence-electron chi connectivity index (χ0n) is 13.6. The molecule has 7 nitrogen and oxygen atoms in total. The molecule has 0 fully saturated rings. The molecule has 8 heteroatoms. The molecule has 1 atom stereocenters. The first-order valence-corrected chi connectivity index (χ1v) is 9.07. The first-order valence-electron chi connectivity index (χ1n) is 7.59. The first kappa shape index (κ1) is 18.2. The van der Waals surface area contributed by atoms with E-state index < -0.39 is 22.0 Å². The summed E-state index contributed by atoms with van der Waals surface area (Å²) in [6, 6.07) is 8.86. The topological polar surface area (TPSA) is 112 Å². The lowest BCUT2D eigenvalue weighted by Crippen LogP contribution is -2.37. The van der Waals surface area contributed by atoms with Gasteiger partial charge in [-0.1, -0.05) is 30.3 Å². The summed E-state index contributed by atoms with van der Waals surface area (Å²) in [7, 11) is -3.78. The number of aromatic nitrogens is 2. The van der Waals surface area contributed by atoms with E-state index in [1.165, 1.54) is 0 Å². The first-order chi connectivity index (χ1) is 11.3. The number of hydrogen-bond acceptors (Lipinski definition) is 4. The Bertz CT molecular complexity index is 780. The molecule has 0 aliphatic rings. The van der Waals surface area contributed by atoms with Crippen molar-refractivity contribution in [3.05, 3.63) is 47.3 Å². The molecule has 130 valence electrons. The smallest absolute Gasteiger partial charge is 0.303 e. The standard InChI is InChI=1S/C16H21N3O4S/c1-11-16(12(2)18-17-11)24(22,23)19-14(8-9-15(20)21)10-13-6-4-3-5-7-13/h3-7,14,19H,8-10H2,1-2H3,(H,17,18)(H,20,21). The highest BCUT2D eigenvalue weighted by Gasteiger charge is 2.26. The van der Waals surface area contributed by atoms with Crippen molar-refractivity contribution in [2.45, 2.75) is 44.0 Å². The molecule has 0 saturated heterocycles. The lowest BCUT2D eigenvalue weighted by molar-refractivity contribution is -0.137. The molecule has 1 aromatic carbocycles. The van der Waals surface area contributed by atoms with Gasteiger partial charge < -0.3 is 5.11 Å². The van der Waals surface area contributed by atoms with E-state index in [0.29, 0.717) is 17.8 Å². The molecule has 0 bridgehead atoms. The quantitative estimate of drug-likeness (QED) is 0.671. The van der Waals surface area contributed by atoms with Gasteiger partial charge in [-0.25, -0.2) is 13.1 Å². The summed E-state index contributed by atoms with van der Waals surface area (Å²) in [6.07, 6.45) is 0.520. The number of benzene rings is 1. The van der Waals surface area contributed by atoms with E-state index in [4.69, 9.17) is 5.11 Å². The Labute approximate surface area is 141 Å². The normalized spacial score (nSPS) is 12.9. The molecule has 0 aliphatic carbocycles. The zero-order valence-corrected chi connectivity index (χ0v) is 14.4. The van der Waals surface area contributed by atoms with Crippen LogP contribution >= 0.6 is 0 Å². The number of aliphatic carboxylic acids is 1. The summed E-state index contributed by atoms with van der Waals surface area (Å²) in [5.41, 5.74) is 1.78. The van der Waals surface area contributed by atoms with Crippen molar-refractivity contribution >= 4 is 16.0 Å². The van der Waals surface area contributed by atoms with Gasteiger partial charge in [0, 0.05) is 12.5 Å². The van der Waals surface area contributed by atoms with Gasteiger partial charge in [0.05, 0.1) is 11.4 Å². The van der Waals surface area contributed by atoms with Crippen LogP contribution in [0.3, 0.4) is 0 Å². The molecule has 0 spiro atoms. The van der Waals surface area contributed by atoms with Gasteiger partial charge in [0.25, 0.3) is 0 Å². The molecule has 0 aliphatic heterocycles. The van der Waals surface area contributed by atoms with Gasteiger partial charge in [0.2, 0.25) is 10.0 Å². The van der Waals surface area contributed by atoms with Crippen LogP contribution in [0.2, 0.25) is 0 Å². The van der Waals surface area contributed by atoms with E-state index in [2.05, 4.69) is 14.9 Å². The minimum absolute atomic E-state index is 0.108. The maximum Gasteiger partial charge on any atom is 0.303 e. The van der Waals surface area contributed by atoms with Crippen molar-refractivity contribution < 1.29 is 18.3 Å². The van der Waals surface area contributed by atoms with Gasteiger partial charge in [0.15, 0.2) is 0 Å². The molecular weight excluding hydrogens is 330 g/mol. The summed E-state index contributed by atoms with van der Waals surface area (Å²) in [5, 5.41) is 15.5. The lowest BCUT2D eigenvalue weighted by Gasteiger charge is -2.18. The minimum Gasteiger partial charge on any atom is -0.481 e. The molecule has 3 N–H and O–H groups in total. The Kier molecular flexibility index (Phi) is 5.74. The molecular formula is C16H21N3O4S. The minimum atomic E-state index is -3.78. The van der Waals surface area contributed by atoms with Crippen molar-refractivity contribution in [1.29, 1.82) is 0 Å². The van der Waals surface area contributed by atoms with Crippen LogP contribution in [0.4, 0.5) is 0 Å². The Balaban J connectivity index is 2.22. The number of nitrogens with zero attached hydrogens (tertiary/aromatic N) is 1. The number of carboxylic acid groups (broad SMARTS) is 1. The van der Waals surface area contributed by atoms with E-state index in [-0.39, 0.29) is 17.7 Å². The van der Waals surface area contributed by atoms with E-state index in [1.54, 1.807) is 13.8 Å². The molecule has 1 unspecified atom stereocenters. The summed E-state index contributed by atoms with van der Waals surface area (Å²) < 4.78 is 28.0. The highest BCUT2D eigenvalue weighted by Crippen LogP contribution is 2.18. The second kappa shape index (κ2) is 7.59. The third kappa shape index (κ3) is 4.65. The molecule has 2 rings (SSSR count). The van der Waals surface area contributed by atoms with Crippen molar-refractivity contribution in [2.75, 3.05) is 0 Å². The van der Waals surface area contributed by atoms with E-state index in [1.807, 2.05) is 30.3 Å². The van der Waals surface area contributed by atoms with E-state index in [0.717, 1.165) is 5.56 Å².